The smallest absolute Gasteiger partial charge is 0.307 e. The maximum Gasteiger partial charge on any atom is 0.307 e. The van der Waals surface area contributed by atoms with Gasteiger partial charge in [-0.1, -0.05) is 53.5 Å². The molecule has 1 aliphatic heterocycles. The van der Waals surface area contributed by atoms with E-state index in [2.05, 4.69) is 4.90 Å². The van der Waals surface area contributed by atoms with Gasteiger partial charge in [-0.3, -0.25) is 9.69 Å². The predicted molar refractivity (Wildman–Crippen MR) is 108 cm³/mol. The zero-order chi connectivity index (χ0) is 19.4. The minimum Gasteiger partial charge on any atom is -0.481 e. The van der Waals surface area contributed by atoms with Crippen LogP contribution in [0.5, 0.6) is 0 Å². The Labute approximate surface area is 169 Å². The van der Waals surface area contributed by atoms with Crippen molar-refractivity contribution in [3.63, 3.8) is 0 Å². The van der Waals surface area contributed by atoms with Crippen LogP contribution in [0, 0.1) is 5.92 Å². The highest BCUT2D eigenvalue weighted by molar-refractivity contribution is 6.42. The fourth-order valence-corrected chi connectivity index (χ4v) is 3.74. The van der Waals surface area contributed by atoms with Crippen molar-refractivity contribution >= 4 is 29.2 Å². The lowest BCUT2D eigenvalue weighted by Crippen LogP contribution is -2.44. The lowest BCUT2D eigenvalue weighted by Gasteiger charge is -2.35. The maximum atomic E-state index is 11.3. The lowest BCUT2D eigenvalue weighted by atomic mass is 9.98. The fraction of sp³-hybridized carbons (Fsp3) is 0.381. The molecule has 0 aromatic heterocycles. The summed E-state index contributed by atoms with van der Waals surface area (Å²) in [7, 11) is 0. The molecule has 1 saturated heterocycles. The summed E-state index contributed by atoms with van der Waals surface area (Å²) >= 11 is 12.2. The van der Waals surface area contributed by atoms with Crippen LogP contribution in [0.15, 0.2) is 42.5 Å². The van der Waals surface area contributed by atoms with Crippen molar-refractivity contribution in [3.8, 4) is 11.1 Å². The molecule has 2 atom stereocenters. The van der Waals surface area contributed by atoms with Gasteiger partial charge in [-0.05, 0) is 48.6 Å². The Morgan fingerprint density at radius 3 is 2.78 bits per heavy atom. The topological polar surface area (TPSA) is 49.8 Å². The molecular weight excluding hydrogens is 385 g/mol. The maximum absolute atomic E-state index is 11.3. The fourth-order valence-electron chi connectivity index (χ4n) is 3.45. The van der Waals surface area contributed by atoms with Gasteiger partial charge in [0.2, 0.25) is 0 Å². The van der Waals surface area contributed by atoms with E-state index in [-0.39, 0.29) is 12.1 Å². The Kier molecular flexibility index (Phi) is 6.77. The van der Waals surface area contributed by atoms with E-state index >= 15 is 0 Å². The minimum atomic E-state index is -0.725. The number of nitrogens with zero attached hydrogens (tertiary/aromatic N) is 1. The number of benzene rings is 2. The molecule has 0 radical (unpaired) electrons. The second-order valence-electron chi connectivity index (χ2n) is 6.87. The molecule has 1 fully saturated rings. The summed E-state index contributed by atoms with van der Waals surface area (Å²) in [6.07, 6.45) is 1.47. The van der Waals surface area contributed by atoms with Gasteiger partial charge in [0, 0.05) is 13.1 Å². The number of piperidine rings is 1. The van der Waals surface area contributed by atoms with Crippen molar-refractivity contribution in [1.82, 2.24) is 4.90 Å². The number of likely N-dealkylation sites (tertiary alicyclic amines) is 1. The van der Waals surface area contributed by atoms with Crippen molar-refractivity contribution in [3.05, 3.63) is 58.1 Å². The summed E-state index contributed by atoms with van der Waals surface area (Å²) in [5.41, 5.74) is 3.08. The highest BCUT2D eigenvalue weighted by Crippen LogP contribution is 2.31. The summed E-state index contributed by atoms with van der Waals surface area (Å²) in [6.45, 7) is 3.81. The van der Waals surface area contributed by atoms with Gasteiger partial charge < -0.3 is 9.84 Å². The lowest BCUT2D eigenvalue weighted by molar-refractivity contribution is -0.146. The van der Waals surface area contributed by atoms with Crippen LogP contribution in [0.2, 0.25) is 10.0 Å². The van der Waals surface area contributed by atoms with Crippen LogP contribution < -0.4 is 0 Å². The normalized spacial score (nSPS) is 19.0. The van der Waals surface area contributed by atoms with E-state index in [4.69, 9.17) is 27.9 Å². The summed E-state index contributed by atoms with van der Waals surface area (Å²) in [5, 5.41) is 10.3. The molecule has 27 heavy (non-hydrogen) atoms. The van der Waals surface area contributed by atoms with Crippen LogP contribution >= 0.6 is 23.2 Å². The molecule has 144 valence electrons. The molecule has 0 aliphatic carbocycles. The molecule has 0 spiro atoms. The van der Waals surface area contributed by atoms with Gasteiger partial charge in [-0.25, -0.2) is 0 Å². The number of carboxylic acids is 1. The molecule has 3 rings (SSSR count). The zero-order valence-corrected chi connectivity index (χ0v) is 16.7. The van der Waals surface area contributed by atoms with Gasteiger partial charge in [0.05, 0.1) is 22.6 Å². The van der Waals surface area contributed by atoms with E-state index < -0.39 is 5.97 Å². The number of halogens is 2. The highest BCUT2D eigenvalue weighted by Gasteiger charge is 2.28. The molecule has 4 nitrogen and oxygen atoms in total. The van der Waals surface area contributed by atoms with Gasteiger partial charge >= 0.3 is 5.97 Å². The minimum absolute atomic E-state index is 0.144. The van der Waals surface area contributed by atoms with E-state index in [0.717, 1.165) is 36.1 Å². The van der Waals surface area contributed by atoms with Crippen LogP contribution in [0.25, 0.3) is 11.1 Å². The molecule has 0 bridgehead atoms. The summed E-state index contributed by atoms with van der Waals surface area (Å²) < 4.78 is 6.09. The van der Waals surface area contributed by atoms with Crippen LogP contribution in [-0.2, 0) is 16.1 Å². The first kappa shape index (κ1) is 20.2. The number of carbonyl (C=O) groups is 1. The molecule has 2 aromatic carbocycles. The van der Waals surface area contributed by atoms with E-state index in [1.165, 1.54) is 0 Å². The monoisotopic (exact) mass is 407 g/mol. The van der Waals surface area contributed by atoms with E-state index in [1.54, 1.807) is 6.07 Å². The average Bonchev–Trinajstić information content (AvgIpc) is 2.68. The van der Waals surface area contributed by atoms with E-state index in [0.29, 0.717) is 23.2 Å². The number of ether oxygens (including phenoxy) is 1. The van der Waals surface area contributed by atoms with Gasteiger partial charge in [-0.15, -0.1) is 0 Å². The third kappa shape index (κ3) is 5.02. The molecule has 0 saturated carbocycles. The first-order valence-corrected chi connectivity index (χ1v) is 9.83. The van der Waals surface area contributed by atoms with Gasteiger partial charge in [0.15, 0.2) is 0 Å². The highest BCUT2D eigenvalue weighted by atomic mass is 35.5. The first-order valence-electron chi connectivity index (χ1n) is 9.07. The average molecular weight is 408 g/mol. The number of carboxylic acid groups (broad SMARTS) is 1. The standard InChI is InChI=1S/C21H23Cl2NO3/c1-14(24-10-4-6-16(12-24)21(25)26)27-13-17-5-2-3-7-18(17)15-8-9-19(22)20(23)11-15/h2-3,5,7-9,11,14,16H,4,6,10,12-13H2,1H3,(H,25,26). The van der Waals surface area contributed by atoms with Crippen LogP contribution in [0.1, 0.15) is 25.3 Å². The van der Waals surface area contributed by atoms with Gasteiger partial charge in [0.1, 0.15) is 6.23 Å². The second-order valence-corrected chi connectivity index (χ2v) is 7.68. The summed E-state index contributed by atoms with van der Waals surface area (Å²) in [4.78, 5) is 13.4. The van der Waals surface area contributed by atoms with Crippen molar-refractivity contribution in [2.75, 3.05) is 13.1 Å². The number of rotatable bonds is 6. The predicted octanol–water partition coefficient (Wildman–Crippen LogP) is 5.32. The second kappa shape index (κ2) is 9.07. The van der Waals surface area contributed by atoms with Crippen LogP contribution in [0.3, 0.4) is 0 Å². The summed E-state index contributed by atoms with van der Waals surface area (Å²) in [6, 6.07) is 13.6. The molecule has 1 aliphatic rings. The van der Waals surface area contributed by atoms with Gasteiger partial charge in [-0.2, -0.15) is 0 Å². The Balaban J connectivity index is 1.69. The SMILES string of the molecule is CC(OCc1ccccc1-c1ccc(Cl)c(Cl)c1)N1CCCC(C(=O)O)C1. The molecule has 1 N–H and O–H groups in total. The Morgan fingerprint density at radius 2 is 2.04 bits per heavy atom. The van der Waals surface area contributed by atoms with Crippen LogP contribution in [0.4, 0.5) is 0 Å². The zero-order valence-electron chi connectivity index (χ0n) is 15.2. The quantitative estimate of drug-likeness (QED) is 0.703. The van der Waals surface area contributed by atoms with Crippen LogP contribution in [-0.4, -0.2) is 35.3 Å². The molecule has 0 amide bonds. The molecule has 1 heterocycles. The van der Waals surface area contributed by atoms with E-state index in [1.807, 2.05) is 43.3 Å². The van der Waals surface area contributed by atoms with Gasteiger partial charge in [0.25, 0.3) is 0 Å². The summed E-state index contributed by atoms with van der Waals surface area (Å²) in [5.74, 6) is -1.04. The Hall–Kier alpha value is -1.59. The largest absolute Gasteiger partial charge is 0.481 e. The molecule has 2 unspecified atom stereocenters. The number of hydrogen-bond donors (Lipinski definition) is 1. The van der Waals surface area contributed by atoms with Crippen molar-refractivity contribution in [1.29, 1.82) is 0 Å². The van der Waals surface area contributed by atoms with Crippen molar-refractivity contribution < 1.29 is 14.6 Å². The Morgan fingerprint density at radius 1 is 1.26 bits per heavy atom. The van der Waals surface area contributed by atoms with E-state index in [9.17, 15) is 9.90 Å². The van der Waals surface area contributed by atoms with Crippen molar-refractivity contribution in [2.45, 2.75) is 32.6 Å². The molecular formula is C21H23Cl2NO3. The molecule has 6 heteroatoms. The Bertz CT molecular complexity index is 812. The molecule has 2 aromatic rings. The first-order chi connectivity index (χ1) is 13.0. The third-order valence-electron chi connectivity index (χ3n) is 5.04. The number of aliphatic carboxylic acids is 1. The number of hydrogen-bond acceptors (Lipinski definition) is 3. The third-order valence-corrected chi connectivity index (χ3v) is 5.78. The van der Waals surface area contributed by atoms with Crippen molar-refractivity contribution in [2.24, 2.45) is 5.92 Å².